The van der Waals surface area contributed by atoms with Crippen LogP contribution in [0.5, 0.6) is 5.75 Å². The van der Waals surface area contributed by atoms with E-state index in [2.05, 4.69) is 0 Å². The number of fused-ring (bicyclic) bond motifs is 1. The standard InChI is InChI=1S/C24H22ClNO6/c1-4-5-22(27)31-14-32-23(28)13-19-15(2)26(21-11-10-18(30-3)12-20(19)21)24(29)16-6-8-17(25)9-7-16/h4-12H,13-14H2,1-3H3/b5-4+. The van der Waals surface area contributed by atoms with Gasteiger partial charge in [0, 0.05) is 27.7 Å². The number of hydrogen-bond donors (Lipinski definition) is 0. The van der Waals surface area contributed by atoms with Gasteiger partial charge in [-0.15, -0.1) is 0 Å². The maximum atomic E-state index is 13.3. The van der Waals surface area contributed by atoms with Crippen LogP contribution < -0.4 is 4.74 Å². The molecule has 0 bridgehead atoms. The van der Waals surface area contributed by atoms with Gasteiger partial charge in [0.2, 0.25) is 6.79 Å². The predicted molar refractivity (Wildman–Crippen MR) is 120 cm³/mol. The minimum atomic E-state index is -0.605. The molecule has 3 rings (SSSR count). The Balaban J connectivity index is 1.94. The summed E-state index contributed by atoms with van der Waals surface area (Å²) in [5.74, 6) is -0.869. The number of carbonyl (C=O) groups excluding carboxylic acids is 3. The van der Waals surface area contributed by atoms with Gasteiger partial charge < -0.3 is 14.2 Å². The summed E-state index contributed by atoms with van der Waals surface area (Å²) in [6.07, 6.45) is 2.63. The lowest BCUT2D eigenvalue weighted by atomic mass is 10.1. The van der Waals surface area contributed by atoms with Crippen molar-refractivity contribution in [1.29, 1.82) is 0 Å². The molecule has 0 saturated heterocycles. The molecule has 0 atom stereocenters. The predicted octanol–water partition coefficient (Wildman–Crippen LogP) is 4.46. The maximum Gasteiger partial charge on any atom is 0.333 e. The molecule has 166 valence electrons. The van der Waals surface area contributed by atoms with Crippen LogP contribution in [0.4, 0.5) is 0 Å². The molecule has 0 amide bonds. The molecule has 7 nitrogen and oxygen atoms in total. The molecule has 1 aromatic heterocycles. The van der Waals surface area contributed by atoms with Crippen molar-refractivity contribution in [2.45, 2.75) is 20.3 Å². The van der Waals surface area contributed by atoms with Crippen molar-refractivity contribution in [1.82, 2.24) is 4.57 Å². The van der Waals surface area contributed by atoms with Crippen LogP contribution in [0.25, 0.3) is 10.9 Å². The van der Waals surface area contributed by atoms with Crippen molar-refractivity contribution < 1.29 is 28.6 Å². The van der Waals surface area contributed by atoms with Crippen molar-refractivity contribution in [3.63, 3.8) is 0 Å². The molecule has 1 heterocycles. The van der Waals surface area contributed by atoms with Gasteiger partial charge >= 0.3 is 11.9 Å². The van der Waals surface area contributed by atoms with Crippen LogP contribution in [-0.4, -0.2) is 36.3 Å². The SMILES string of the molecule is C/C=C/C(=O)OCOC(=O)Cc1c(C)n(C(=O)c2ccc(Cl)cc2)c2ccc(OC)cc12. The Hall–Kier alpha value is -3.58. The van der Waals surface area contributed by atoms with Gasteiger partial charge in [0.05, 0.1) is 19.0 Å². The monoisotopic (exact) mass is 455 g/mol. The van der Waals surface area contributed by atoms with Crippen LogP contribution in [0.15, 0.2) is 54.6 Å². The van der Waals surface area contributed by atoms with Gasteiger partial charge in [-0.2, -0.15) is 0 Å². The number of esters is 2. The van der Waals surface area contributed by atoms with E-state index in [9.17, 15) is 14.4 Å². The number of carbonyl (C=O) groups is 3. The van der Waals surface area contributed by atoms with E-state index in [1.807, 2.05) is 0 Å². The number of ether oxygens (including phenoxy) is 3. The average Bonchev–Trinajstić information content (AvgIpc) is 3.04. The smallest absolute Gasteiger partial charge is 0.333 e. The summed E-state index contributed by atoms with van der Waals surface area (Å²) in [7, 11) is 1.54. The minimum Gasteiger partial charge on any atom is -0.497 e. The summed E-state index contributed by atoms with van der Waals surface area (Å²) in [6, 6.07) is 11.9. The molecular formula is C24H22ClNO6. The Kier molecular flexibility index (Phi) is 7.33. The van der Waals surface area contributed by atoms with E-state index in [1.54, 1.807) is 60.9 Å². The van der Waals surface area contributed by atoms with E-state index in [0.717, 1.165) is 0 Å². The van der Waals surface area contributed by atoms with Gasteiger partial charge in [0.15, 0.2) is 0 Å². The topological polar surface area (TPSA) is 83.8 Å². The van der Waals surface area contributed by atoms with Gasteiger partial charge in [0.1, 0.15) is 5.75 Å². The highest BCUT2D eigenvalue weighted by Gasteiger charge is 2.22. The first-order chi connectivity index (χ1) is 15.3. The highest BCUT2D eigenvalue weighted by Crippen LogP contribution is 2.31. The zero-order valence-electron chi connectivity index (χ0n) is 17.9. The number of benzene rings is 2. The van der Waals surface area contributed by atoms with Crippen LogP contribution >= 0.6 is 11.6 Å². The Morgan fingerprint density at radius 1 is 1.06 bits per heavy atom. The fourth-order valence-electron chi connectivity index (χ4n) is 3.33. The minimum absolute atomic E-state index is 0.114. The highest BCUT2D eigenvalue weighted by atomic mass is 35.5. The number of rotatable bonds is 7. The Morgan fingerprint density at radius 3 is 2.44 bits per heavy atom. The quantitative estimate of drug-likeness (QED) is 0.297. The second kappa shape index (κ2) is 10.2. The third-order valence-electron chi connectivity index (χ3n) is 4.88. The molecule has 0 aliphatic carbocycles. The lowest BCUT2D eigenvalue weighted by Crippen LogP contribution is -2.15. The second-order valence-corrected chi connectivity index (χ2v) is 7.31. The molecular weight excluding hydrogens is 434 g/mol. The lowest BCUT2D eigenvalue weighted by Gasteiger charge is -2.08. The van der Waals surface area contributed by atoms with Crippen LogP contribution in [0.3, 0.4) is 0 Å². The molecule has 0 aliphatic rings. The van der Waals surface area contributed by atoms with Crippen LogP contribution in [-0.2, 0) is 25.5 Å². The summed E-state index contributed by atoms with van der Waals surface area (Å²) < 4.78 is 16.7. The number of aromatic nitrogens is 1. The van der Waals surface area contributed by atoms with Crippen molar-refractivity contribution in [2.24, 2.45) is 0 Å². The molecule has 0 unspecified atom stereocenters. The fraction of sp³-hybridized carbons (Fsp3) is 0.208. The normalized spacial score (nSPS) is 11.0. The van der Waals surface area contributed by atoms with E-state index in [0.29, 0.717) is 38.5 Å². The second-order valence-electron chi connectivity index (χ2n) is 6.87. The Morgan fingerprint density at radius 2 is 1.78 bits per heavy atom. The third-order valence-corrected chi connectivity index (χ3v) is 5.13. The molecule has 32 heavy (non-hydrogen) atoms. The Bertz CT molecular complexity index is 1190. The molecule has 8 heteroatoms. The van der Waals surface area contributed by atoms with E-state index >= 15 is 0 Å². The van der Waals surface area contributed by atoms with Gasteiger partial charge in [-0.1, -0.05) is 17.7 Å². The van der Waals surface area contributed by atoms with Gasteiger partial charge in [-0.3, -0.25) is 14.2 Å². The number of nitrogens with zero attached hydrogens (tertiary/aromatic N) is 1. The van der Waals surface area contributed by atoms with Gasteiger partial charge in [-0.25, -0.2) is 4.79 Å². The third kappa shape index (κ3) is 5.00. The number of halogens is 1. The molecule has 0 spiro atoms. The molecule has 0 fully saturated rings. The van der Waals surface area contributed by atoms with Crippen LogP contribution in [0.1, 0.15) is 28.5 Å². The summed E-state index contributed by atoms with van der Waals surface area (Å²) in [5.41, 5.74) is 2.29. The zero-order chi connectivity index (χ0) is 23.3. The van der Waals surface area contributed by atoms with E-state index < -0.39 is 18.7 Å². The largest absolute Gasteiger partial charge is 0.497 e. The van der Waals surface area contributed by atoms with Crippen LogP contribution in [0.2, 0.25) is 5.02 Å². The molecule has 0 radical (unpaired) electrons. The van der Waals surface area contributed by atoms with Gasteiger partial charge in [0.25, 0.3) is 5.91 Å². The van der Waals surface area contributed by atoms with Crippen molar-refractivity contribution in [3.05, 3.63) is 76.5 Å². The fourth-order valence-corrected chi connectivity index (χ4v) is 3.45. The first kappa shape index (κ1) is 23.1. The zero-order valence-corrected chi connectivity index (χ0v) is 18.6. The van der Waals surface area contributed by atoms with E-state index in [4.69, 9.17) is 25.8 Å². The molecule has 3 aromatic rings. The van der Waals surface area contributed by atoms with Crippen molar-refractivity contribution >= 4 is 40.3 Å². The molecule has 0 N–H and O–H groups in total. The summed E-state index contributed by atoms with van der Waals surface area (Å²) in [4.78, 5) is 37.0. The number of methoxy groups -OCH3 is 1. The lowest BCUT2D eigenvalue weighted by molar-refractivity contribution is -0.163. The first-order valence-electron chi connectivity index (χ1n) is 9.79. The van der Waals surface area contributed by atoms with Crippen molar-refractivity contribution in [3.8, 4) is 5.75 Å². The van der Waals surface area contributed by atoms with Gasteiger partial charge in [-0.05, 0) is 61.9 Å². The van der Waals surface area contributed by atoms with E-state index in [1.165, 1.54) is 19.3 Å². The van der Waals surface area contributed by atoms with E-state index in [-0.39, 0.29) is 12.3 Å². The van der Waals surface area contributed by atoms with Crippen LogP contribution in [0, 0.1) is 6.92 Å². The summed E-state index contributed by atoms with van der Waals surface area (Å²) >= 11 is 5.94. The Labute approximate surface area is 190 Å². The molecule has 0 aliphatic heterocycles. The maximum absolute atomic E-state index is 13.3. The number of hydrogen-bond acceptors (Lipinski definition) is 6. The molecule has 0 saturated carbocycles. The first-order valence-corrected chi connectivity index (χ1v) is 10.2. The average molecular weight is 456 g/mol. The molecule has 2 aromatic carbocycles. The number of allylic oxidation sites excluding steroid dienone is 1. The summed E-state index contributed by atoms with van der Waals surface area (Å²) in [6.45, 7) is 2.94. The summed E-state index contributed by atoms with van der Waals surface area (Å²) in [5, 5.41) is 1.21. The highest BCUT2D eigenvalue weighted by molar-refractivity contribution is 6.30. The van der Waals surface area contributed by atoms with Crippen molar-refractivity contribution in [2.75, 3.05) is 13.9 Å².